The van der Waals surface area contributed by atoms with Gasteiger partial charge in [-0.1, -0.05) is 12.1 Å². The van der Waals surface area contributed by atoms with Crippen LogP contribution < -0.4 is 4.74 Å². The number of ether oxygens (including phenoxy) is 1. The predicted molar refractivity (Wildman–Crippen MR) is 82.1 cm³/mol. The highest BCUT2D eigenvalue weighted by molar-refractivity contribution is 9.10. The van der Waals surface area contributed by atoms with Gasteiger partial charge in [0, 0.05) is 0 Å². The molecular weight excluding hydrogens is 352 g/mol. The smallest absolute Gasteiger partial charge is 0.339 e. The average molecular weight is 361 g/mol. The number of ketones is 1. The van der Waals surface area contributed by atoms with Gasteiger partial charge < -0.3 is 14.9 Å². The molecule has 2 aromatic carbocycles. The fourth-order valence-electron chi connectivity index (χ4n) is 2.14. The number of carbonyl (C=O) groups is 2. The van der Waals surface area contributed by atoms with Crippen LogP contribution in [0.25, 0.3) is 6.08 Å². The molecule has 0 fully saturated rings. The molecule has 0 aliphatic carbocycles. The molecule has 0 spiro atoms. The molecule has 0 amide bonds. The van der Waals surface area contributed by atoms with Crippen molar-refractivity contribution in [2.75, 3.05) is 0 Å². The Morgan fingerprint density at radius 1 is 1.23 bits per heavy atom. The number of carboxylic acid groups (broad SMARTS) is 1. The zero-order valence-electron chi connectivity index (χ0n) is 11.0. The lowest BCUT2D eigenvalue weighted by Gasteiger charge is -2.03. The molecule has 110 valence electrons. The van der Waals surface area contributed by atoms with Gasteiger partial charge in [-0.15, -0.1) is 0 Å². The third kappa shape index (κ3) is 2.37. The van der Waals surface area contributed by atoms with Crippen LogP contribution in [0.3, 0.4) is 0 Å². The number of hydrogen-bond acceptors (Lipinski definition) is 4. The molecule has 3 rings (SSSR count). The van der Waals surface area contributed by atoms with E-state index in [4.69, 9.17) is 9.84 Å². The predicted octanol–water partition coefficient (Wildman–Crippen LogP) is 3.47. The Bertz CT molecular complexity index is 838. The van der Waals surface area contributed by atoms with Crippen molar-refractivity contribution in [1.82, 2.24) is 0 Å². The molecule has 0 aromatic heterocycles. The fourth-order valence-corrected chi connectivity index (χ4v) is 2.59. The van der Waals surface area contributed by atoms with Crippen LogP contribution in [-0.4, -0.2) is 22.0 Å². The fraction of sp³-hybridized carbons (Fsp3) is 0. The SMILES string of the molecule is O=C(O)c1cc(C=C2Oc3c(Br)cccc3C2=O)ccc1O. The second-order valence-corrected chi connectivity index (χ2v) is 5.49. The Hall–Kier alpha value is -2.60. The van der Waals surface area contributed by atoms with Crippen molar-refractivity contribution in [2.45, 2.75) is 0 Å². The highest BCUT2D eigenvalue weighted by atomic mass is 79.9. The maximum Gasteiger partial charge on any atom is 0.339 e. The van der Waals surface area contributed by atoms with Gasteiger partial charge in [0.2, 0.25) is 5.78 Å². The molecule has 0 unspecified atom stereocenters. The van der Waals surface area contributed by atoms with Gasteiger partial charge in [-0.05, 0) is 51.8 Å². The minimum atomic E-state index is -1.25. The first kappa shape index (κ1) is 14.3. The topological polar surface area (TPSA) is 83.8 Å². The van der Waals surface area contributed by atoms with Gasteiger partial charge in [-0.3, -0.25) is 4.79 Å². The summed E-state index contributed by atoms with van der Waals surface area (Å²) in [5, 5.41) is 18.5. The van der Waals surface area contributed by atoms with Gasteiger partial charge in [0.05, 0.1) is 10.0 Å². The summed E-state index contributed by atoms with van der Waals surface area (Å²) in [5.41, 5.74) is 0.652. The first-order chi connectivity index (χ1) is 10.5. The number of fused-ring (bicyclic) bond motifs is 1. The van der Waals surface area contributed by atoms with Crippen LogP contribution in [-0.2, 0) is 0 Å². The molecule has 5 nitrogen and oxygen atoms in total. The van der Waals surface area contributed by atoms with E-state index in [9.17, 15) is 14.7 Å². The second-order valence-electron chi connectivity index (χ2n) is 4.64. The van der Waals surface area contributed by atoms with E-state index < -0.39 is 5.97 Å². The van der Waals surface area contributed by atoms with Crippen LogP contribution in [0.4, 0.5) is 0 Å². The van der Waals surface area contributed by atoms with Crippen LogP contribution in [0.1, 0.15) is 26.3 Å². The highest BCUT2D eigenvalue weighted by Crippen LogP contribution is 2.38. The molecule has 0 saturated heterocycles. The van der Waals surface area contributed by atoms with E-state index in [1.807, 2.05) is 0 Å². The number of Topliss-reactive ketones (excluding diaryl/α,β-unsaturated/α-hetero) is 1. The molecule has 1 aliphatic rings. The van der Waals surface area contributed by atoms with Crippen LogP contribution in [0.2, 0.25) is 0 Å². The van der Waals surface area contributed by atoms with Crippen molar-refractivity contribution in [2.24, 2.45) is 0 Å². The molecule has 6 heteroatoms. The van der Waals surface area contributed by atoms with Crippen molar-refractivity contribution in [3.63, 3.8) is 0 Å². The van der Waals surface area contributed by atoms with Gasteiger partial charge in [-0.2, -0.15) is 0 Å². The molecule has 22 heavy (non-hydrogen) atoms. The van der Waals surface area contributed by atoms with Gasteiger partial charge >= 0.3 is 5.97 Å². The standard InChI is InChI=1S/C16H9BrO5/c17-11-3-1-2-9-14(19)13(22-15(9)11)7-8-4-5-12(18)10(6-8)16(20)21/h1-7,18H,(H,20,21). The highest BCUT2D eigenvalue weighted by Gasteiger charge is 2.28. The zero-order chi connectivity index (χ0) is 15.9. The first-order valence-corrected chi connectivity index (χ1v) is 7.06. The van der Waals surface area contributed by atoms with Crippen molar-refractivity contribution < 1.29 is 24.5 Å². The lowest BCUT2D eigenvalue weighted by Crippen LogP contribution is -2.00. The van der Waals surface area contributed by atoms with E-state index in [0.29, 0.717) is 21.3 Å². The van der Waals surface area contributed by atoms with Crippen molar-refractivity contribution >= 4 is 33.8 Å². The molecule has 0 saturated carbocycles. The van der Waals surface area contributed by atoms with Crippen LogP contribution in [0.5, 0.6) is 11.5 Å². The Labute approximate surface area is 133 Å². The number of carboxylic acids is 1. The maximum atomic E-state index is 12.3. The van der Waals surface area contributed by atoms with E-state index in [1.165, 1.54) is 24.3 Å². The van der Waals surface area contributed by atoms with Gasteiger partial charge in [0.25, 0.3) is 0 Å². The number of aromatic hydroxyl groups is 1. The Kier molecular flexibility index (Phi) is 3.46. The van der Waals surface area contributed by atoms with Crippen molar-refractivity contribution in [3.05, 3.63) is 63.3 Å². The molecule has 0 bridgehead atoms. The van der Waals surface area contributed by atoms with E-state index in [-0.39, 0.29) is 22.9 Å². The van der Waals surface area contributed by atoms with Crippen LogP contribution in [0, 0.1) is 0 Å². The van der Waals surface area contributed by atoms with Gasteiger partial charge in [0.1, 0.15) is 11.3 Å². The number of phenols is 1. The lowest BCUT2D eigenvalue weighted by molar-refractivity contribution is 0.0693. The third-order valence-corrected chi connectivity index (χ3v) is 3.82. The Morgan fingerprint density at radius 2 is 2.00 bits per heavy atom. The largest absolute Gasteiger partial charge is 0.507 e. The quantitative estimate of drug-likeness (QED) is 0.801. The summed E-state index contributed by atoms with van der Waals surface area (Å²) in [6, 6.07) is 9.19. The van der Waals surface area contributed by atoms with Gasteiger partial charge in [-0.25, -0.2) is 4.79 Å². The summed E-state index contributed by atoms with van der Waals surface area (Å²) in [6.45, 7) is 0. The number of para-hydroxylation sites is 1. The molecular formula is C16H9BrO5. The monoisotopic (exact) mass is 360 g/mol. The summed E-state index contributed by atoms with van der Waals surface area (Å²) >= 11 is 3.31. The van der Waals surface area contributed by atoms with Crippen LogP contribution >= 0.6 is 15.9 Å². The number of benzene rings is 2. The second kappa shape index (κ2) is 5.31. The first-order valence-electron chi connectivity index (χ1n) is 6.26. The van der Waals surface area contributed by atoms with E-state index >= 15 is 0 Å². The Balaban J connectivity index is 2.02. The lowest BCUT2D eigenvalue weighted by atomic mass is 10.1. The van der Waals surface area contributed by atoms with E-state index in [0.717, 1.165) is 0 Å². The number of hydrogen-bond donors (Lipinski definition) is 2. The molecule has 1 heterocycles. The molecule has 0 radical (unpaired) electrons. The van der Waals surface area contributed by atoms with Gasteiger partial charge in [0.15, 0.2) is 11.5 Å². The summed E-state index contributed by atoms with van der Waals surface area (Å²) < 4.78 is 6.20. The molecule has 1 aliphatic heterocycles. The minimum absolute atomic E-state index is 0.101. The van der Waals surface area contributed by atoms with Crippen LogP contribution in [0.15, 0.2) is 46.6 Å². The number of rotatable bonds is 2. The van der Waals surface area contributed by atoms with E-state index in [1.54, 1.807) is 18.2 Å². The normalized spacial score (nSPS) is 14.8. The minimum Gasteiger partial charge on any atom is -0.507 e. The molecule has 2 N–H and O–H groups in total. The third-order valence-electron chi connectivity index (χ3n) is 3.20. The Morgan fingerprint density at radius 3 is 2.68 bits per heavy atom. The molecule has 0 atom stereocenters. The summed E-state index contributed by atoms with van der Waals surface area (Å²) in [7, 11) is 0. The zero-order valence-corrected chi connectivity index (χ0v) is 12.6. The number of allylic oxidation sites excluding steroid dienone is 1. The summed E-state index contributed by atoms with van der Waals surface area (Å²) in [4.78, 5) is 23.3. The number of carbonyl (C=O) groups excluding carboxylic acids is 1. The van der Waals surface area contributed by atoms with E-state index in [2.05, 4.69) is 15.9 Å². The summed E-state index contributed by atoms with van der Waals surface area (Å²) in [6.07, 6.45) is 1.45. The van der Waals surface area contributed by atoms with Crippen molar-refractivity contribution in [1.29, 1.82) is 0 Å². The summed E-state index contributed by atoms with van der Waals surface area (Å²) in [5.74, 6) is -1.32. The number of aromatic carboxylic acids is 1. The molecule has 2 aromatic rings. The average Bonchev–Trinajstić information content (AvgIpc) is 2.79. The maximum absolute atomic E-state index is 12.3. The van der Waals surface area contributed by atoms with Crippen molar-refractivity contribution in [3.8, 4) is 11.5 Å². The number of halogens is 1.